The molecule has 0 aromatic heterocycles. The molecule has 1 unspecified atom stereocenters. The van der Waals surface area contributed by atoms with Crippen molar-refractivity contribution in [1.82, 2.24) is 10.0 Å². The molecule has 1 heterocycles. The summed E-state index contributed by atoms with van der Waals surface area (Å²) in [5, 5.41) is 17.7. The minimum absolute atomic E-state index is 0.221. The van der Waals surface area contributed by atoms with Crippen LogP contribution in [0.3, 0.4) is 0 Å². The molecule has 0 N–H and O–H groups in total. The van der Waals surface area contributed by atoms with Crippen LogP contribution in [0.1, 0.15) is 52.9 Å². The van der Waals surface area contributed by atoms with E-state index in [1.807, 2.05) is 5.01 Å². The number of nitro groups is 1. The zero-order valence-corrected chi connectivity index (χ0v) is 11.6. The van der Waals surface area contributed by atoms with Gasteiger partial charge in [-0.15, -0.1) is 0 Å². The second kappa shape index (κ2) is 7.18. The van der Waals surface area contributed by atoms with E-state index in [4.69, 9.17) is 0 Å². The fourth-order valence-corrected chi connectivity index (χ4v) is 2.12. The molecule has 1 aliphatic rings. The fraction of sp³-hybridized carbons (Fsp3) is 0.917. The van der Waals surface area contributed by atoms with Gasteiger partial charge in [-0.1, -0.05) is 45.0 Å². The lowest BCUT2D eigenvalue weighted by Gasteiger charge is -2.25. The summed E-state index contributed by atoms with van der Waals surface area (Å²) < 4.78 is 0. The average molecular weight is 256 g/mol. The van der Waals surface area contributed by atoms with Crippen molar-refractivity contribution >= 4 is 6.34 Å². The molecule has 0 amide bonds. The molecule has 0 saturated carbocycles. The van der Waals surface area contributed by atoms with Crippen LogP contribution in [-0.4, -0.2) is 34.1 Å². The summed E-state index contributed by atoms with van der Waals surface area (Å²) >= 11 is 0. The van der Waals surface area contributed by atoms with Crippen LogP contribution in [-0.2, 0) is 0 Å². The van der Waals surface area contributed by atoms with Crippen LogP contribution in [0.2, 0.25) is 0 Å². The molecular formula is C12H24N4O2. The molecule has 0 bridgehead atoms. The summed E-state index contributed by atoms with van der Waals surface area (Å²) in [5.41, 5.74) is 0. The highest BCUT2D eigenvalue weighted by Gasteiger charge is 2.35. The van der Waals surface area contributed by atoms with Crippen molar-refractivity contribution < 1.29 is 5.03 Å². The highest BCUT2D eigenvalue weighted by atomic mass is 16.7. The highest BCUT2D eigenvalue weighted by molar-refractivity contribution is 5.55. The smallest absolute Gasteiger partial charge is 0.183 e. The molecule has 1 atom stereocenters. The van der Waals surface area contributed by atoms with Crippen LogP contribution in [0.15, 0.2) is 5.10 Å². The van der Waals surface area contributed by atoms with Gasteiger partial charge in [-0.05, 0) is 18.8 Å². The second-order valence-electron chi connectivity index (χ2n) is 5.18. The number of hydrazine groups is 1. The van der Waals surface area contributed by atoms with Gasteiger partial charge in [-0.25, -0.2) is 10.1 Å². The maximum Gasteiger partial charge on any atom is 0.183 e. The Morgan fingerprint density at radius 1 is 1.39 bits per heavy atom. The third-order valence-electron chi connectivity index (χ3n) is 3.08. The standard InChI is InChI=1S/C12H24N4O2/c1-4-5-6-7-8-14-12(9-11(2)3)15(10-13-14)16(17)18/h10-12H,4-9H2,1-3H3. The van der Waals surface area contributed by atoms with Crippen LogP contribution in [0.5, 0.6) is 0 Å². The average Bonchev–Trinajstić information content (AvgIpc) is 2.67. The summed E-state index contributed by atoms with van der Waals surface area (Å²) in [7, 11) is 0. The zero-order chi connectivity index (χ0) is 13.5. The zero-order valence-electron chi connectivity index (χ0n) is 11.6. The number of nitrogens with zero attached hydrogens (tertiary/aromatic N) is 4. The first-order valence-electron chi connectivity index (χ1n) is 6.79. The minimum atomic E-state index is -0.372. The predicted octanol–water partition coefficient (Wildman–Crippen LogP) is 2.69. The summed E-state index contributed by atoms with van der Waals surface area (Å²) in [6.07, 6.45) is 6.49. The van der Waals surface area contributed by atoms with Crippen LogP contribution in [0.4, 0.5) is 0 Å². The molecule has 6 heteroatoms. The van der Waals surface area contributed by atoms with E-state index in [0.29, 0.717) is 5.92 Å². The van der Waals surface area contributed by atoms with Crippen LogP contribution in [0.25, 0.3) is 0 Å². The first kappa shape index (κ1) is 14.7. The Hall–Kier alpha value is -1.33. The van der Waals surface area contributed by atoms with E-state index in [0.717, 1.165) is 30.8 Å². The van der Waals surface area contributed by atoms with Gasteiger partial charge in [0.2, 0.25) is 0 Å². The van der Waals surface area contributed by atoms with E-state index in [-0.39, 0.29) is 11.2 Å². The van der Waals surface area contributed by atoms with Gasteiger partial charge in [0.1, 0.15) is 0 Å². The Balaban J connectivity index is 2.49. The first-order valence-corrected chi connectivity index (χ1v) is 6.79. The SMILES string of the molecule is CCCCCCN1N=CN([N+](=O)[O-])C1CC(C)C. The highest BCUT2D eigenvalue weighted by Crippen LogP contribution is 2.20. The maximum atomic E-state index is 10.9. The van der Waals surface area contributed by atoms with Gasteiger partial charge in [0.25, 0.3) is 0 Å². The Labute approximate surface area is 109 Å². The van der Waals surface area contributed by atoms with Gasteiger partial charge in [0, 0.05) is 6.54 Å². The lowest BCUT2D eigenvalue weighted by atomic mass is 10.1. The molecule has 0 spiro atoms. The van der Waals surface area contributed by atoms with Gasteiger partial charge in [-0.3, -0.25) is 5.01 Å². The Kier molecular flexibility index (Phi) is 5.88. The summed E-state index contributed by atoms with van der Waals surface area (Å²) in [5.74, 6) is 0.414. The van der Waals surface area contributed by atoms with Crippen molar-refractivity contribution in [2.75, 3.05) is 6.54 Å². The molecule has 104 valence electrons. The van der Waals surface area contributed by atoms with Crippen LogP contribution in [0, 0.1) is 16.0 Å². The van der Waals surface area contributed by atoms with Gasteiger partial charge in [0.15, 0.2) is 17.5 Å². The molecule has 0 radical (unpaired) electrons. The number of unbranched alkanes of at least 4 members (excludes halogenated alkanes) is 3. The van der Waals surface area contributed by atoms with Gasteiger partial charge in [-0.2, -0.15) is 5.10 Å². The maximum absolute atomic E-state index is 10.9. The van der Waals surface area contributed by atoms with Gasteiger partial charge in [0.05, 0.1) is 0 Å². The lowest BCUT2D eigenvalue weighted by molar-refractivity contribution is -0.638. The lowest BCUT2D eigenvalue weighted by Crippen LogP contribution is -2.43. The van der Waals surface area contributed by atoms with Crippen molar-refractivity contribution in [3.8, 4) is 0 Å². The number of hydrogen-bond acceptors (Lipinski definition) is 4. The van der Waals surface area contributed by atoms with Gasteiger partial charge < -0.3 is 0 Å². The topological polar surface area (TPSA) is 62.0 Å². The number of hydrazone groups is 1. The van der Waals surface area contributed by atoms with E-state index in [9.17, 15) is 10.1 Å². The Morgan fingerprint density at radius 2 is 2.11 bits per heavy atom. The molecule has 6 nitrogen and oxygen atoms in total. The molecule has 0 saturated heterocycles. The molecule has 0 aliphatic carbocycles. The molecule has 0 aromatic carbocycles. The summed E-state index contributed by atoms with van der Waals surface area (Å²) in [6.45, 7) is 7.12. The molecule has 0 fully saturated rings. The molecule has 0 aromatic rings. The first-order chi connectivity index (χ1) is 8.56. The van der Waals surface area contributed by atoms with E-state index in [1.165, 1.54) is 19.2 Å². The van der Waals surface area contributed by atoms with Crippen LogP contribution >= 0.6 is 0 Å². The Morgan fingerprint density at radius 3 is 2.67 bits per heavy atom. The monoisotopic (exact) mass is 256 g/mol. The third-order valence-corrected chi connectivity index (χ3v) is 3.08. The van der Waals surface area contributed by atoms with Crippen molar-refractivity contribution in [2.45, 2.75) is 59.0 Å². The van der Waals surface area contributed by atoms with E-state index >= 15 is 0 Å². The quantitative estimate of drug-likeness (QED) is 0.380. The van der Waals surface area contributed by atoms with Crippen LogP contribution < -0.4 is 0 Å². The second-order valence-corrected chi connectivity index (χ2v) is 5.18. The normalized spacial score (nSPS) is 19.0. The summed E-state index contributed by atoms with van der Waals surface area (Å²) in [6, 6.07) is 0. The van der Waals surface area contributed by atoms with Gasteiger partial charge >= 0.3 is 0 Å². The molecular weight excluding hydrogens is 232 g/mol. The van der Waals surface area contributed by atoms with Crippen molar-refractivity contribution in [3.63, 3.8) is 0 Å². The van der Waals surface area contributed by atoms with Crippen molar-refractivity contribution in [3.05, 3.63) is 10.1 Å². The van der Waals surface area contributed by atoms with E-state index in [2.05, 4.69) is 25.9 Å². The van der Waals surface area contributed by atoms with E-state index in [1.54, 1.807) is 0 Å². The van der Waals surface area contributed by atoms with Crippen molar-refractivity contribution in [1.29, 1.82) is 0 Å². The minimum Gasteiger partial charge on any atom is -0.267 e. The molecule has 18 heavy (non-hydrogen) atoms. The molecule has 1 rings (SSSR count). The van der Waals surface area contributed by atoms with E-state index < -0.39 is 0 Å². The Bertz CT molecular complexity index is 294. The third kappa shape index (κ3) is 4.16. The fourth-order valence-electron chi connectivity index (χ4n) is 2.12. The van der Waals surface area contributed by atoms with Crippen molar-refractivity contribution in [2.24, 2.45) is 11.0 Å². The number of rotatable bonds is 8. The predicted molar refractivity (Wildman–Crippen MR) is 71.4 cm³/mol. The molecule has 1 aliphatic heterocycles. The largest absolute Gasteiger partial charge is 0.267 e. The number of hydrogen-bond donors (Lipinski definition) is 0. The summed E-state index contributed by atoms with van der Waals surface area (Å²) in [4.78, 5) is 10.9.